The van der Waals surface area contributed by atoms with Gasteiger partial charge in [-0.15, -0.1) is 0 Å². The van der Waals surface area contributed by atoms with Crippen molar-refractivity contribution in [2.75, 3.05) is 53.5 Å². The van der Waals surface area contributed by atoms with Crippen molar-refractivity contribution in [2.45, 2.75) is 12.8 Å². The van der Waals surface area contributed by atoms with E-state index in [1.165, 1.54) is 42.9 Å². The van der Waals surface area contributed by atoms with Crippen LogP contribution in [0.2, 0.25) is 0 Å². The van der Waals surface area contributed by atoms with Gasteiger partial charge in [0, 0.05) is 50.5 Å². The Bertz CT molecular complexity index is 1170. The molecule has 1 aromatic carbocycles. The molecule has 1 N–H and O–H groups in total. The third-order valence-corrected chi connectivity index (χ3v) is 6.91. The lowest BCUT2D eigenvalue weighted by Crippen LogP contribution is -2.45. The van der Waals surface area contributed by atoms with Crippen molar-refractivity contribution >= 4 is 11.0 Å². The van der Waals surface area contributed by atoms with E-state index in [2.05, 4.69) is 63.2 Å². The van der Waals surface area contributed by atoms with E-state index in [0.717, 1.165) is 41.9 Å². The summed E-state index contributed by atoms with van der Waals surface area (Å²) >= 11 is 0. The Kier molecular flexibility index (Phi) is 6.97. The van der Waals surface area contributed by atoms with Crippen LogP contribution in [0.1, 0.15) is 17.5 Å². The zero-order valence-corrected chi connectivity index (χ0v) is 20.2. The van der Waals surface area contributed by atoms with Crippen LogP contribution in [0.15, 0.2) is 66.5 Å². The van der Waals surface area contributed by atoms with Gasteiger partial charge < -0.3 is 24.3 Å². The minimum atomic E-state index is 0.557. The smallest absolute Gasteiger partial charge is 0.161 e. The molecule has 1 aliphatic carbocycles. The zero-order chi connectivity index (χ0) is 23.3. The lowest BCUT2D eigenvalue weighted by molar-refractivity contribution is 0.143. The number of nitrogens with one attached hydrogen (secondary N) is 1. The highest BCUT2D eigenvalue weighted by molar-refractivity contribution is 5.79. The highest BCUT2D eigenvalue weighted by Crippen LogP contribution is 2.31. The van der Waals surface area contributed by atoms with Crippen LogP contribution in [0.3, 0.4) is 0 Å². The maximum atomic E-state index is 6.15. The van der Waals surface area contributed by atoms with E-state index in [1.54, 1.807) is 7.11 Å². The Morgan fingerprint density at radius 1 is 1.12 bits per heavy atom. The molecule has 0 saturated carbocycles. The van der Waals surface area contributed by atoms with Gasteiger partial charge in [0.2, 0.25) is 0 Å². The summed E-state index contributed by atoms with van der Waals surface area (Å²) in [5.74, 6) is 2.14. The van der Waals surface area contributed by atoms with Crippen LogP contribution < -0.4 is 9.47 Å². The van der Waals surface area contributed by atoms with Crippen molar-refractivity contribution in [1.29, 1.82) is 0 Å². The Hall–Kier alpha value is -3.09. The van der Waals surface area contributed by atoms with Gasteiger partial charge in [0.15, 0.2) is 11.5 Å². The molecule has 2 aromatic heterocycles. The fourth-order valence-electron chi connectivity index (χ4n) is 4.79. The number of ether oxygens (including phenoxy) is 2. The molecule has 0 radical (unpaired) electrons. The van der Waals surface area contributed by atoms with Crippen molar-refractivity contribution in [1.82, 2.24) is 19.8 Å². The normalized spacial score (nSPS) is 19.4. The monoisotopic (exact) mass is 458 g/mol. The third kappa shape index (κ3) is 5.34. The minimum Gasteiger partial charge on any atom is -0.493 e. The second-order valence-electron chi connectivity index (χ2n) is 9.40. The standard InChI is InChI=1S/C28H34N4O2/c1-31-12-14-32(15-13-31)19-21-5-7-22(8-6-21)20-34-26-10-9-23(17-27(26)33-2)16-24-18-30-28-25(24)4-3-11-29-28/h3-5,7-11,17-18,21H,6,12-16,19-20H2,1-2H3,(H,29,30). The minimum absolute atomic E-state index is 0.557. The number of piperazine rings is 1. The quantitative estimate of drug-likeness (QED) is 0.546. The number of nitrogens with zero attached hydrogens (tertiary/aromatic N) is 3. The van der Waals surface area contributed by atoms with Crippen LogP contribution in [-0.2, 0) is 6.42 Å². The summed E-state index contributed by atoms with van der Waals surface area (Å²) in [6.07, 6.45) is 12.6. The molecule has 1 fully saturated rings. The highest BCUT2D eigenvalue weighted by Gasteiger charge is 2.18. The number of fused-ring (bicyclic) bond motifs is 1. The summed E-state index contributed by atoms with van der Waals surface area (Å²) < 4.78 is 11.8. The highest BCUT2D eigenvalue weighted by atomic mass is 16.5. The molecule has 1 atom stereocenters. The van der Waals surface area contributed by atoms with Crippen molar-refractivity contribution < 1.29 is 9.47 Å². The van der Waals surface area contributed by atoms with Gasteiger partial charge in [-0.3, -0.25) is 0 Å². The molecular formula is C28H34N4O2. The van der Waals surface area contributed by atoms with Gasteiger partial charge >= 0.3 is 0 Å². The summed E-state index contributed by atoms with van der Waals surface area (Å²) in [5, 5.41) is 1.16. The number of pyridine rings is 1. The number of aromatic amines is 1. The fraction of sp³-hybridized carbons (Fsp3) is 0.393. The summed E-state index contributed by atoms with van der Waals surface area (Å²) in [4.78, 5) is 12.6. The first-order chi connectivity index (χ1) is 16.7. The average Bonchev–Trinajstić information content (AvgIpc) is 3.28. The average molecular weight is 459 g/mol. The van der Waals surface area contributed by atoms with E-state index in [1.807, 2.05) is 24.5 Å². The lowest BCUT2D eigenvalue weighted by atomic mass is 9.96. The van der Waals surface area contributed by atoms with Crippen LogP contribution in [0, 0.1) is 5.92 Å². The third-order valence-electron chi connectivity index (χ3n) is 6.91. The molecule has 1 saturated heterocycles. The molecule has 178 valence electrons. The number of methoxy groups -OCH3 is 1. The summed E-state index contributed by atoms with van der Waals surface area (Å²) in [6, 6.07) is 10.3. The van der Waals surface area contributed by atoms with Gasteiger partial charge in [-0.2, -0.15) is 0 Å². The summed E-state index contributed by atoms with van der Waals surface area (Å²) in [7, 11) is 3.90. The van der Waals surface area contributed by atoms with Gasteiger partial charge in [0.05, 0.1) is 7.11 Å². The molecule has 34 heavy (non-hydrogen) atoms. The molecule has 0 amide bonds. The van der Waals surface area contributed by atoms with E-state index in [4.69, 9.17) is 9.47 Å². The van der Waals surface area contributed by atoms with E-state index in [9.17, 15) is 0 Å². The first-order valence-corrected chi connectivity index (χ1v) is 12.2. The predicted octanol–water partition coefficient (Wildman–Crippen LogP) is 4.29. The second kappa shape index (κ2) is 10.5. The zero-order valence-electron chi connectivity index (χ0n) is 20.2. The number of likely N-dealkylation sites (N-methyl/N-ethyl adjacent to an activating group) is 1. The number of allylic oxidation sites excluding steroid dienone is 1. The second-order valence-corrected chi connectivity index (χ2v) is 9.40. The fourth-order valence-corrected chi connectivity index (χ4v) is 4.79. The van der Waals surface area contributed by atoms with Crippen LogP contribution in [0.5, 0.6) is 11.5 Å². The van der Waals surface area contributed by atoms with E-state index in [0.29, 0.717) is 12.5 Å². The van der Waals surface area contributed by atoms with Crippen molar-refractivity contribution in [2.24, 2.45) is 5.92 Å². The van der Waals surface area contributed by atoms with Gasteiger partial charge in [-0.25, -0.2) is 4.98 Å². The number of aromatic nitrogens is 2. The summed E-state index contributed by atoms with van der Waals surface area (Å²) in [5.41, 5.74) is 4.55. The number of H-pyrrole nitrogens is 1. The molecule has 1 unspecified atom stereocenters. The Morgan fingerprint density at radius 2 is 2.00 bits per heavy atom. The molecule has 0 bridgehead atoms. The molecule has 0 spiro atoms. The largest absolute Gasteiger partial charge is 0.493 e. The number of hydrogen-bond acceptors (Lipinski definition) is 5. The molecule has 1 aliphatic heterocycles. The van der Waals surface area contributed by atoms with Gasteiger partial charge in [-0.1, -0.05) is 24.3 Å². The Labute approximate surface area is 201 Å². The first-order valence-electron chi connectivity index (χ1n) is 12.2. The van der Waals surface area contributed by atoms with E-state index >= 15 is 0 Å². The van der Waals surface area contributed by atoms with E-state index in [-0.39, 0.29) is 0 Å². The Morgan fingerprint density at radius 3 is 2.79 bits per heavy atom. The Balaban J connectivity index is 1.16. The van der Waals surface area contributed by atoms with Gasteiger partial charge in [0.25, 0.3) is 0 Å². The first kappa shape index (κ1) is 22.7. The number of benzene rings is 1. The molecule has 6 heteroatoms. The van der Waals surface area contributed by atoms with Crippen LogP contribution >= 0.6 is 0 Å². The molecule has 2 aliphatic rings. The van der Waals surface area contributed by atoms with Crippen LogP contribution in [0.4, 0.5) is 0 Å². The van der Waals surface area contributed by atoms with Gasteiger partial charge in [0.1, 0.15) is 12.3 Å². The van der Waals surface area contributed by atoms with Crippen LogP contribution in [0.25, 0.3) is 11.0 Å². The predicted molar refractivity (Wildman–Crippen MR) is 137 cm³/mol. The molecular weight excluding hydrogens is 424 g/mol. The number of rotatable bonds is 8. The SMILES string of the molecule is COc1cc(Cc2c[nH]c3ncccc23)ccc1OCC1=CCC(CN2CCN(C)CC2)C=C1. The van der Waals surface area contributed by atoms with Crippen molar-refractivity contribution in [3.05, 3.63) is 77.7 Å². The van der Waals surface area contributed by atoms with Crippen molar-refractivity contribution in [3.63, 3.8) is 0 Å². The van der Waals surface area contributed by atoms with Crippen molar-refractivity contribution in [3.8, 4) is 11.5 Å². The topological polar surface area (TPSA) is 53.6 Å². The molecule has 3 heterocycles. The summed E-state index contributed by atoms with van der Waals surface area (Å²) in [6.45, 7) is 6.40. The van der Waals surface area contributed by atoms with E-state index < -0.39 is 0 Å². The maximum Gasteiger partial charge on any atom is 0.161 e. The maximum absolute atomic E-state index is 6.15. The number of hydrogen-bond donors (Lipinski definition) is 1. The molecule has 5 rings (SSSR count). The van der Waals surface area contributed by atoms with Gasteiger partial charge in [-0.05, 0) is 66.8 Å². The van der Waals surface area contributed by atoms with Crippen LogP contribution in [-0.4, -0.2) is 73.3 Å². The molecule has 6 nitrogen and oxygen atoms in total. The lowest BCUT2D eigenvalue weighted by Gasteiger charge is -2.34. The molecule has 3 aromatic rings.